The molecule has 8 nitrogen and oxygen atoms in total. The lowest BCUT2D eigenvalue weighted by Crippen LogP contribution is -2.51. The molecule has 2 fully saturated rings. The number of hydrogen-bond acceptors (Lipinski definition) is 7. The van der Waals surface area contributed by atoms with Crippen LogP contribution in [0.1, 0.15) is 34.3 Å². The molecule has 1 saturated heterocycles. The summed E-state index contributed by atoms with van der Waals surface area (Å²) in [5.41, 5.74) is 3.36. The molecule has 1 amide bonds. The van der Waals surface area contributed by atoms with E-state index in [1.165, 1.54) is 11.3 Å². The van der Waals surface area contributed by atoms with Crippen LogP contribution in [0.5, 0.6) is 5.75 Å². The molecule has 2 heterocycles. The highest BCUT2D eigenvalue weighted by atomic mass is 35.5. The monoisotopic (exact) mass is 540 g/mol. The molecular weight excluding hydrogens is 512 g/mol. The van der Waals surface area contributed by atoms with Crippen LogP contribution in [0.4, 0.5) is 5.13 Å². The number of aromatic nitrogens is 2. The molecule has 37 heavy (non-hydrogen) atoms. The number of likely N-dealkylation sites (tertiary alicyclic amines) is 1. The van der Waals surface area contributed by atoms with Crippen LogP contribution in [-0.4, -0.2) is 64.9 Å². The maximum absolute atomic E-state index is 13.4. The summed E-state index contributed by atoms with van der Waals surface area (Å²) in [7, 11) is 0. The van der Waals surface area contributed by atoms with E-state index < -0.39 is 5.97 Å². The fourth-order valence-electron chi connectivity index (χ4n) is 4.51. The van der Waals surface area contributed by atoms with Crippen LogP contribution < -0.4 is 9.64 Å². The first-order valence-electron chi connectivity index (χ1n) is 12.4. The van der Waals surface area contributed by atoms with Crippen molar-refractivity contribution in [1.29, 1.82) is 0 Å². The van der Waals surface area contributed by atoms with Crippen molar-refractivity contribution in [3.8, 4) is 16.3 Å². The van der Waals surface area contributed by atoms with E-state index in [1.807, 2.05) is 38.1 Å². The molecule has 1 aliphatic heterocycles. The van der Waals surface area contributed by atoms with Crippen LogP contribution in [0.25, 0.3) is 10.6 Å². The molecule has 1 aromatic heterocycles. The van der Waals surface area contributed by atoms with E-state index in [1.54, 1.807) is 17.0 Å². The van der Waals surface area contributed by atoms with Crippen molar-refractivity contribution in [2.24, 2.45) is 11.8 Å². The number of ether oxygens (including phenoxy) is 1. The molecule has 0 unspecified atom stereocenters. The van der Waals surface area contributed by atoms with Crippen molar-refractivity contribution >= 4 is 39.9 Å². The minimum Gasteiger partial charge on any atom is -0.492 e. The minimum atomic E-state index is -0.733. The number of carboxylic acid groups (broad SMARTS) is 1. The minimum absolute atomic E-state index is 0.159. The predicted octanol–water partition coefficient (Wildman–Crippen LogP) is 4.93. The Labute approximate surface area is 224 Å². The summed E-state index contributed by atoms with van der Waals surface area (Å²) in [6, 6.07) is 11.1. The van der Waals surface area contributed by atoms with Crippen LogP contribution in [0.2, 0.25) is 5.02 Å². The molecule has 194 valence electrons. The highest BCUT2D eigenvalue weighted by Gasteiger charge is 2.32. The molecule has 1 N–H and O–H groups in total. The van der Waals surface area contributed by atoms with Gasteiger partial charge in [-0.25, -0.2) is 0 Å². The van der Waals surface area contributed by atoms with Crippen LogP contribution in [0.3, 0.4) is 0 Å². The number of carbonyl (C=O) groups excluding carboxylic acids is 1. The van der Waals surface area contributed by atoms with Crippen LogP contribution in [-0.2, 0) is 4.79 Å². The van der Waals surface area contributed by atoms with Crippen molar-refractivity contribution in [2.75, 3.05) is 37.7 Å². The molecule has 1 saturated carbocycles. The van der Waals surface area contributed by atoms with Crippen molar-refractivity contribution in [3.05, 3.63) is 58.1 Å². The van der Waals surface area contributed by atoms with E-state index >= 15 is 0 Å². The van der Waals surface area contributed by atoms with Gasteiger partial charge in [-0.05, 0) is 68.0 Å². The van der Waals surface area contributed by atoms with E-state index in [9.17, 15) is 9.59 Å². The number of carbonyl (C=O) groups is 2. The Morgan fingerprint density at radius 2 is 1.86 bits per heavy atom. The molecule has 2 aliphatic rings. The third-order valence-electron chi connectivity index (χ3n) is 6.80. The smallest absolute Gasteiger partial charge is 0.309 e. The van der Waals surface area contributed by atoms with Crippen LogP contribution in [0.15, 0.2) is 36.4 Å². The number of carboxylic acids is 1. The summed E-state index contributed by atoms with van der Waals surface area (Å²) in [6.45, 7) is 6.94. The zero-order valence-corrected chi connectivity index (χ0v) is 22.4. The summed E-state index contributed by atoms with van der Waals surface area (Å²) in [5.74, 6) is 0.148. The van der Waals surface area contributed by atoms with E-state index in [4.69, 9.17) is 21.4 Å². The van der Waals surface area contributed by atoms with Gasteiger partial charge in [-0.3, -0.25) is 19.4 Å². The average molecular weight is 541 g/mol. The van der Waals surface area contributed by atoms with Crippen molar-refractivity contribution in [1.82, 2.24) is 15.1 Å². The summed E-state index contributed by atoms with van der Waals surface area (Å²) < 4.78 is 6.06. The fourth-order valence-corrected chi connectivity index (χ4v) is 5.57. The fraction of sp³-hybridized carbons (Fsp3) is 0.407. The number of amides is 1. The Hall–Kier alpha value is -3.01. The lowest BCUT2D eigenvalue weighted by atomic mass is 10.0. The summed E-state index contributed by atoms with van der Waals surface area (Å²) in [4.78, 5) is 28.1. The summed E-state index contributed by atoms with van der Waals surface area (Å²) in [6.07, 6.45) is 2.21. The van der Waals surface area contributed by atoms with Gasteiger partial charge in [0.2, 0.25) is 5.13 Å². The number of nitrogens with zero attached hydrogens (tertiary/aromatic N) is 4. The maximum atomic E-state index is 13.4. The van der Waals surface area contributed by atoms with Gasteiger partial charge < -0.3 is 9.84 Å². The Balaban J connectivity index is 1.29. The number of halogens is 1. The predicted molar refractivity (Wildman–Crippen MR) is 144 cm³/mol. The normalized spacial score (nSPS) is 15.9. The summed E-state index contributed by atoms with van der Waals surface area (Å²) in [5, 5.41) is 19.6. The Bertz CT molecular complexity index is 1300. The third kappa shape index (κ3) is 5.79. The van der Waals surface area contributed by atoms with Crippen molar-refractivity contribution < 1.29 is 19.4 Å². The molecule has 0 spiro atoms. The molecule has 0 bridgehead atoms. The van der Waals surface area contributed by atoms with Gasteiger partial charge in [-0.1, -0.05) is 35.1 Å². The highest BCUT2D eigenvalue weighted by Crippen LogP contribution is 2.37. The van der Waals surface area contributed by atoms with Gasteiger partial charge in [0.15, 0.2) is 0 Å². The third-order valence-corrected chi connectivity index (χ3v) is 8.12. The molecule has 0 atom stereocenters. The molecule has 0 radical (unpaired) electrons. The largest absolute Gasteiger partial charge is 0.492 e. The number of benzene rings is 2. The topological polar surface area (TPSA) is 95.9 Å². The first kappa shape index (κ1) is 25.6. The number of aliphatic carboxylic acids is 1. The van der Waals surface area contributed by atoms with Gasteiger partial charge in [0, 0.05) is 31.7 Å². The second kappa shape index (κ2) is 10.8. The average Bonchev–Trinajstić information content (AvgIpc) is 3.53. The number of hydrogen-bond donors (Lipinski definition) is 1. The second-order valence-electron chi connectivity index (χ2n) is 9.81. The Morgan fingerprint density at radius 1 is 1.16 bits per heavy atom. The van der Waals surface area contributed by atoms with Gasteiger partial charge in [0.25, 0.3) is 5.91 Å². The van der Waals surface area contributed by atoms with Gasteiger partial charge >= 0.3 is 5.97 Å². The van der Waals surface area contributed by atoms with E-state index in [0.29, 0.717) is 54.4 Å². The van der Waals surface area contributed by atoms with E-state index in [0.717, 1.165) is 40.3 Å². The van der Waals surface area contributed by atoms with Crippen LogP contribution in [0, 0.1) is 25.7 Å². The standard InChI is InChI=1S/C27H29ClN4O4S/c1-16-11-19(12-17(2)23(16)36-10-9-31-14-20(15-31)26(34)35)24-29-30-27(37-24)32(13-18-7-8-18)25(33)21-5-3-4-6-22(21)28/h3-6,11-12,18,20H,7-10,13-15H2,1-2H3,(H,34,35). The van der Waals surface area contributed by atoms with Crippen molar-refractivity contribution in [3.63, 3.8) is 0 Å². The van der Waals surface area contributed by atoms with Crippen LogP contribution >= 0.6 is 22.9 Å². The zero-order chi connectivity index (χ0) is 26.1. The number of aryl methyl sites for hydroxylation is 2. The molecule has 1 aliphatic carbocycles. The highest BCUT2D eigenvalue weighted by molar-refractivity contribution is 7.18. The Kier molecular flexibility index (Phi) is 7.46. The lowest BCUT2D eigenvalue weighted by Gasteiger charge is -2.36. The molecule has 5 rings (SSSR count). The van der Waals surface area contributed by atoms with Gasteiger partial charge in [-0.2, -0.15) is 0 Å². The first-order chi connectivity index (χ1) is 17.8. The molecule has 10 heteroatoms. The van der Waals surface area contributed by atoms with E-state index in [2.05, 4.69) is 15.1 Å². The quantitative estimate of drug-likeness (QED) is 0.389. The van der Waals surface area contributed by atoms with E-state index in [-0.39, 0.29) is 11.8 Å². The lowest BCUT2D eigenvalue weighted by molar-refractivity contribution is -0.147. The second-order valence-corrected chi connectivity index (χ2v) is 11.2. The van der Waals surface area contributed by atoms with Gasteiger partial charge in [0.1, 0.15) is 17.4 Å². The molecular formula is C27H29ClN4O4S. The van der Waals surface area contributed by atoms with Crippen molar-refractivity contribution in [2.45, 2.75) is 26.7 Å². The van der Waals surface area contributed by atoms with Gasteiger partial charge in [-0.15, -0.1) is 10.2 Å². The number of anilines is 1. The molecule has 2 aromatic carbocycles. The SMILES string of the molecule is Cc1cc(-c2nnc(N(CC3CC3)C(=O)c3ccccc3Cl)s2)cc(C)c1OCCN1CC(C(=O)O)C1. The molecule has 3 aromatic rings. The maximum Gasteiger partial charge on any atom is 0.309 e. The van der Waals surface area contributed by atoms with Gasteiger partial charge in [0.05, 0.1) is 16.5 Å². The zero-order valence-electron chi connectivity index (χ0n) is 20.8. The first-order valence-corrected chi connectivity index (χ1v) is 13.6. The Morgan fingerprint density at radius 3 is 2.51 bits per heavy atom. The summed E-state index contributed by atoms with van der Waals surface area (Å²) >= 11 is 7.71. The number of rotatable bonds is 10.